The zero-order chi connectivity index (χ0) is 23.5. The van der Waals surface area contributed by atoms with Crippen molar-refractivity contribution in [3.05, 3.63) is 47.0 Å². The average molecular weight is 485 g/mol. The summed E-state index contributed by atoms with van der Waals surface area (Å²) in [6.07, 6.45) is 0.171. The lowest BCUT2D eigenvalue weighted by Crippen LogP contribution is -2.49. The van der Waals surface area contributed by atoms with Gasteiger partial charge in [-0.1, -0.05) is 25.4 Å². The maximum absolute atomic E-state index is 13.6. The summed E-state index contributed by atoms with van der Waals surface area (Å²) in [6, 6.07) is 7.77. The molecule has 0 fully saturated rings. The molecule has 9 nitrogen and oxygen atoms in total. The van der Waals surface area contributed by atoms with Gasteiger partial charge < -0.3 is 14.2 Å². The molecule has 0 saturated carbocycles. The Morgan fingerprint density at radius 2 is 1.84 bits per heavy atom. The molecule has 1 atom stereocenters. The predicted octanol–water partition coefficient (Wildman–Crippen LogP) is 3.19. The largest absolute Gasteiger partial charge is 0.497 e. The van der Waals surface area contributed by atoms with E-state index >= 15 is 0 Å². The van der Waals surface area contributed by atoms with Crippen molar-refractivity contribution in [3.63, 3.8) is 0 Å². The summed E-state index contributed by atoms with van der Waals surface area (Å²) in [5, 5.41) is 9.58. The number of hydrogen-bond acceptors (Lipinski definition) is 7. The fourth-order valence-electron chi connectivity index (χ4n) is 3.37. The van der Waals surface area contributed by atoms with Crippen molar-refractivity contribution in [2.75, 3.05) is 13.9 Å². The minimum Gasteiger partial charge on any atom is -0.497 e. The van der Waals surface area contributed by atoms with Gasteiger partial charge in [-0.25, -0.2) is 13.9 Å². The Morgan fingerprint density at radius 3 is 2.41 bits per heavy atom. The smallest absolute Gasteiger partial charge is 0.261 e. The number of benzene rings is 2. The molecule has 1 amide bonds. The van der Waals surface area contributed by atoms with E-state index in [0.717, 1.165) is 4.31 Å². The average Bonchev–Trinajstić information content (AvgIpc) is 3.22. The molecule has 0 spiro atoms. The van der Waals surface area contributed by atoms with Gasteiger partial charge in [0, 0.05) is 17.6 Å². The molecule has 2 aromatic rings. The molecule has 2 aromatic carbocycles. The van der Waals surface area contributed by atoms with E-state index in [1.807, 2.05) is 13.8 Å². The van der Waals surface area contributed by atoms with E-state index in [4.69, 9.17) is 25.8 Å². The van der Waals surface area contributed by atoms with Crippen molar-refractivity contribution < 1.29 is 32.6 Å². The van der Waals surface area contributed by atoms with E-state index in [1.165, 1.54) is 31.4 Å². The van der Waals surface area contributed by atoms with Gasteiger partial charge in [-0.3, -0.25) is 10.0 Å². The topological polar surface area (TPSA) is 114 Å². The maximum atomic E-state index is 13.6. The lowest BCUT2D eigenvalue weighted by molar-refractivity contribution is -0.133. The number of ether oxygens (including phenoxy) is 3. The number of fused-ring (bicyclic) bond motifs is 1. The zero-order valence-electron chi connectivity index (χ0n) is 17.9. The highest BCUT2D eigenvalue weighted by atomic mass is 35.5. The number of amides is 1. The van der Waals surface area contributed by atoms with Gasteiger partial charge in [-0.2, -0.15) is 4.31 Å². The van der Waals surface area contributed by atoms with Gasteiger partial charge in [0.15, 0.2) is 11.5 Å². The van der Waals surface area contributed by atoms with Crippen LogP contribution in [-0.4, -0.2) is 43.8 Å². The van der Waals surface area contributed by atoms with Crippen molar-refractivity contribution in [3.8, 4) is 17.2 Å². The third-order valence-corrected chi connectivity index (χ3v) is 7.21. The van der Waals surface area contributed by atoms with Crippen LogP contribution in [0.3, 0.4) is 0 Å². The van der Waals surface area contributed by atoms with E-state index in [2.05, 4.69) is 0 Å². The fourth-order valence-corrected chi connectivity index (χ4v) is 5.16. The Hall–Kier alpha value is -2.53. The summed E-state index contributed by atoms with van der Waals surface area (Å²) in [5.74, 6) is 0.486. The van der Waals surface area contributed by atoms with E-state index in [9.17, 15) is 18.4 Å². The molecule has 1 aliphatic rings. The Kier molecular flexibility index (Phi) is 7.50. The van der Waals surface area contributed by atoms with Crippen LogP contribution in [-0.2, 0) is 21.4 Å². The van der Waals surface area contributed by atoms with Crippen LogP contribution in [0, 0.1) is 5.92 Å². The molecule has 1 aliphatic heterocycles. The van der Waals surface area contributed by atoms with Crippen LogP contribution < -0.4 is 19.7 Å². The minimum atomic E-state index is -4.18. The zero-order valence-corrected chi connectivity index (χ0v) is 19.4. The number of carbonyl (C=O) groups excluding carboxylic acids is 1. The SMILES string of the molecule is COc1ccc(S(=O)(=O)N(Cc2cc3c(cc2Cl)OCO3)[C@H](CC(C)C)C(=O)NO)cc1. The fraction of sp³-hybridized carbons (Fsp3) is 0.381. The van der Waals surface area contributed by atoms with Crippen LogP contribution in [0.1, 0.15) is 25.8 Å². The minimum absolute atomic E-state index is 0.0327. The molecule has 2 N–H and O–H groups in total. The van der Waals surface area contributed by atoms with E-state index in [0.29, 0.717) is 22.8 Å². The van der Waals surface area contributed by atoms with Crippen molar-refractivity contribution >= 4 is 27.5 Å². The van der Waals surface area contributed by atoms with Crippen molar-refractivity contribution in [1.29, 1.82) is 0 Å². The molecule has 0 bridgehead atoms. The van der Waals surface area contributed by atoms with Crippen LogP contribution in [0.4, 0.5) is 0 Å². The Balaban J connectivity index is 2.09. The van der Waals surface area contributed by atoms with Crippen molar-refractivity contribution in [1.82, 2.24) is 9.79 Å². The van der Waals surface area contributed by atoms with Gasteiger partial charge in [0.2, 0.25) is 16.8 Å². The molecule has 174 valence electrons. The summed E-state index contributed by atoms with van der Waals surface area (Å²) in [5.41, 5.74) is 2.02. The summed E-state index contributed by atoms with van der Waals surface area (Å²) in [6.45, 7) is 3.51. The van der Waals surface area contributed by atoms with E-state index in [-0.39, 0.29) is 35.6 Å². The van der Waals surface area contributed by atoms with Gasteiger partial charge >= 0.3 is 0 Å². The molecule has 11 heteroatoms. The van der Waals surface area contributed by atoms with Gasteiger partial charge in [-0.15, -0.1) is 0 Å². The number of nitrogens with one attached hydrogen (secondary N) is 1. The quantitative estimate of drug-likeness (QED) is 0.415. The summed E-state index contributed by atoms with van der Waals surface area (Å²) >= 11 is 6.39. The molecule has 32 heavy (non-hydrogen) atoms. The first-order valence-corrected chi connectivity index (χ1v) is 11.7. The summed E-state index contributed by atoms with van der Waals surface area (Å²) in [7, 11) is -2.71. The number of rotatable bonds is 9. The van der Waals surface area contributed by atoms with Crippen LogP contribution in [0.25, 0.3) is 0 Å². The van der Waals surface area contributed by atoms with Gasteiger partial charge in [0.25, 0.3) is 5.91 Å². The highest BCUT2D eigenvalue weighted by Crippen LogP contribution is 2.38. The monoisotopic (exact) mass is 484 g/mol. The van der Waals surface area contributed by atoms with Crippen molar-refractivity contribution in [2.24, 2.45) is 5.92 Å². The van der Waals surface area contributed by atoms with Gasteiger partial charge in [-0.05, 0) is 48.2 Å². The first kappa shape index (κ1) is 24.1. The molecule has 0 saturated heterocycles. The van der Waals surface area contributed by atoms with E-state index in [1.54, 1.807) is 17.6 Å². The summed E-state index contributed by atoms with van der Waals surface area (Å²) in [4.78, 5) is 12.5. The third kappa shape index (κ3) is 5.09. The highest BCUT2D eigenvalue weighted by Gasteiger charge is 2.37. The van der Waals surface area contributed by atoms with Crippen LogP contribution in [0.5, 0.6) is 17.2 Å². The summed E-state index contributed by atoms with van der Waals surface area (Å²) < 4.78 is 44.1. The van der Waals surface area contributed by atoms with Crippen LogP contribution in [0.15, 0.2) is 41.3 Å². The van der Waals surface area contributed by atoms with Crippen LogP contribution in [0.2, 0.25) is 5.02 Å². The second-order valence-electron chi connectivity index (χ2n) is 7.64. The number of hydrogen-bond donors (Lipinski definition) is 2. The number of nitrogens with zero attached hydrogens (tertiary/aromatic N) is 1. The molecule has 0 unspecified atom stereocenters. The highest BCUT2D eigenvalue weighted by molar-refractivity contribution is 7.89. The van der Waals surface area contributed by atoms with Gasteiger partial charge in [0.1, 0.15) is 11.8 Å². The number of methoxy groups -OCH3 is 1. The van der Waals surface area contributed by atoms with Crippen molar-refractivity contribution in [2.45, 2.75) is 37.8 Å². The molecule has 3 rings (SSSR count). The number of halogens is 1. The second-order valence-corrected chi connectivity index (χ2v) is 9.94. The molecule has 1 heterocycles. The number of carbonyl (C=O) groups is 1. The third-order valence-electron chi connectivity index (χ3n) is 4.99. The van der Waals surface area contributed by atoms with Crippen LogP contribution >= 0.6 is 11.6 Å². The Morgan fingerprint density at radius 1 is 1.22 bits per heavy atom. The lowest BCUT2D eigenvalue weighted by Gasteiger charge is -2.31. The normalized spacial score (nSPS) is 14.0. The number of sulfonamides is 1. The molecule has 0 aromatic heterocycles. The number of hydroxylamine groups is 1. The lowest BCUT2D eigenvalue weighted by atomic mass is 10.0. The standard InChI is InChI=1S/C21H25ClN2O7S/c1-13(2)8-18(21(25)23-26)24(32(27,28)16-6-4-15(29-3)5-7-16)11-14-9-19-20(10-17(14)22)31-12-30-19/h4-7,9-10,13,18,26H,8,11-12H2,1-3H3,(H,23,25)/t18-/m1/s1. The Bertz CT molecular complexity index is 1070. The molecular formula is C21H25ClN2O7S. The first-order valence-electron chi connectivity index (χ1n) is 9.85. The van der Waals surface area contributed by atoms with E-state index < -0.39 is 22.0 Å². The molecule has 0 aliphatic carbocycles. The Labute approximate surface area is 191 Å². The molecule has 0 radical (unpaired) electrons. The predicted molar refractivity (Wildman–Crippen MR) is 116 cm³/mol. The van der Waals surface area contributed by atoms with Gasteiger partial charge in [0.05, 0.1) is 12.0 Å². The second kappa shape index (κ2) is 9.95. The molecular weight excluding hydrogens is 460 g/mol. The maximum Gasteiger partial charge on any atom is 0.261 e. The first-order chi connectivity index (χ1) is 15.2.